The van der Waals surface area contributed by atoms with Crippen LogP contribution in [0.2, 0.25) is 0 Å². The first kappa shape index (κ1) is 12.6. The smallest absolute Gasteiger partial charge is 0.181 e. The van der Waals surface area contributed by atoms with Gasteiger partial charge < -0.3 is 9.64 Å². The average Bonchev–Trinajstić information content (AvgIpc) is 3.28. The molecule has 1 saturated heterocycles. The molecule has 106 valence electrons. The fourth-order valence-electron chi connectivity index (χ4n) is 2.70. The summed E-state index contributed by atoms with van der Waals surface area (Å²) < 4.78 is 8.62. The third-order valence-electron chi connectivity index (χ3n) is 4.01. The normalized spacial score (nSPS) is 19.8. The Hall–Kier alpha value is -1.14. The van der Waals surface area contributed by atoms with Crippen molar-refractivity contribution in [1.82, 2.24) is 14.4 Å². The van der Waals surface area contributed by atoms with E-state index in [4.69, 9.17) is 9.72 Å². The molecule has 0 aromatic carbocycles. The number of rotatable bonds is 2. The van der Waals surface area contributed by atoms with Crippen molar-refractivity contribution in [3.8, 4) is 0 Å². The molecule has 0 bridgehead atoms. The molecule has 5 nitrogen and oxygen atoms in total. The molecule has 6 heteroatoms. The highest BCUT2D eigenvalue weighted by molar-refractivity contribution is 9.10. The number of aromatic nitrogens is 3. The zero-order valence-electron chi connectivity index (χ0n) is 11.5. The molecule has 2 fully saturated rings. The molecule has 0 atom stereocenters. The molecule has 0 N–H and O–H groups in total. The van der Waals surface area contributed by atoms with E-state index in [0.717, 1.165) is 48.1 Å². The maximum absolute atomic E-state index is 5.45. The van der Waals surface area contributed by atoms with Crippen molar-refractivity contribution in [2.45, 2.75) is 25.7 Å². The van der Waals surface area contributed by atoms with E-state index in [-0.39, 0.29) is 0 Å². The van der Waals surface area contributed by atoms with E-state index >= 15 is 0 Å². The van der Waals surface area contributed by atoms with E-state index in [1.165, 1.54) is 18.5 Å². The van der Waals surface area contributed by atoms with Crippen molar-refractivity contribution < 1.29 is 4.74 Å². The van der Waals surface area contributed by atoms with E-state index < -0.39 is 0 Å². The molecule has 2 aromatic heterocycles. The fourth-order valence-corrected chi connectivity index (χ4v) is 3.06. The number of nitrogens with zero attached hydrogens (tertiary/aromatic N) is 4. The lowest BCUT2D eigenvalue weighted by Gasteiger charge is -2.28. The lowest BCUT2D eigenvalue weighted by Crippen LogP contribution is -2.37. The van der Waals surface area contributed by atoms with Gasteiger partial charge in [-0.3, -0.25) is 4.40 Å². The number of halogens is 1. The molecule has 3 heterocycles. The molecular formula is C14H17BrN4O. The van der Waals surface area contributed by atoms with Crippen molar-refractivity contribution in [3.63, 3.8) is 0 Å². The van der Waals surface area contributed by atoms with E-state index in [9.17, 15) is 0 Å². The minimum Gasteiger partial charge on any atom is -0.378 e. The van der Waals surface area contributed by atoms with Crippen molar-refractivity contribution in [2.24, 2.45) is 0 Å². The standard InChI is InChI=1S/C14H17BrN4O/c1-9-12(15)19-8-11(10-2-3-10)17-13(14(19)16-9)18-4-6-20-7-5-18/h8,10H,2-7H2,1H3. The predicted octanol–water partition coefficient (Wildman–Crippen LogP) is 2.51. The van der Waals surface area contributed by atoms with Crippen molar-refractivity contribution in [1.29, 1.82) is 0 Å². The summed E-state index contributed by atoms with van der Waals surface area (Å²) in [5.74, 6) is 1.64. The van der Waals surface area contributed by atoms with Gasteiger partial charge in [0, 0.05) is 25.2 Å². The molecule has 2 aromatic rings. The molecule has 2 aliphatic rings. The van der Waals surface area contributed by atoms with Crippen LogP contribution in [0.25, 0.3) is 5.65 Å². The zero-order valence-corrected chi connectivity index (χ0v) is 13.1. The zero-order chi connectivity index (χ0) is 13.7. The number of hydrogen-bond acceptors (Lipinski definition) is 4. The Morgan fingerprint density at radius 1 is 1.25 bits per heavy atom. The second kappa shape index (κ2) is 4.70. The van der Waals surface area contributed by atoms with Gasteiger partial charge in [0.2, 0.25) is 0 Å². The Labute approximate surface area is 126 Å². The van der Waals surface area contributed by atoms with Crippen LogP contribution in [0, 0.1) is 6.92 Å². The predicted molar refractivity (Wildman–Crippen MR) is 80.4 cm³/mol. The minimum absolute atomic E-state index is 0.633. The van der Waals surface area contributed by atoms with Crippen LogP contribution in [-0.2, 0) is 4.74 Å². The molecule has 0 radical (unpaired) electrons. The molecule has 0 unspecified atom stereocenters. The van der Waals surface area contributed by atoms with Gasteiger partial charge in [-0.15, -0.1) is 0 Å². The first-order valence-electron chi connectivity index (χ1n) is 7.12. The number of aryl methyl sites for hydroxylation is 1. The van der Waals surface area contributed by atoms with Crippen LogP contribution in [0.3, 0.4) is 0 Å². The highest BCUT2D eigenvalue weighted by Gasteiger charge is 2.28. The Morgan fingerprint density at radius 2 is 2.00 bits per heavy atom. The summed E-state index contributed by atoms with van der Waals surface area (Å²) in [6, 6.07) is 0. The summed E-state index contributed by atoms with van der Waals surface area (Å²) in [4.78, 5) is 11.9. The largest absolute Gasteiger partial charge is 0.378 e. The Bertz CT molecular complexity index is 659. The topological polar surface area (TPSA) is 42.7 Å². The van der Waals surface area contributed by atoms with Crippen LogP contribution in [0.5, 0.6) is 0 Å². The van der Waals surface area contributed by atoms with Crippen LogP contribution in [0.15, 0.2) is 10.8 Å². The van der Waals surface area contributed by atoms with E-state index in [1.54, 1.807) is 0 Å². The SMILES string of the molecule is Cc1nc2c(N3CCOCC3)nc(C3CC3)cn2c1Br. The molecule has 1 aliphatic heterocycles. The first-order chi connectivity index (χ1) is 9.74. The number of hydrogen-bond donors (Lipinski definition) is 0. The molecule has 4 rings (SSSR count). The van der Waals surface area contributed by atoms with Gasteiger partial charge in [-0.1, -0.05) is 0 Å². The molecule has 1 aliphatic carbocycles. The average molecular weight is 337 g/mol. The van der Waals surface area contributed by atoms with Crippen molar-refractivity contribution >= 4 is 27.4 Å². The van der Waals surface area contributed by atoms with Gasteiger partial charge in [0.05, 0.1) is 24.6 Å². The summed E-state index contributed by atoms with van der Waals surface area (Å²) in [6.07, 6.45) is 4.65. The summed E-state index contributed by atoms with van der Waals surface area (Å²) >= 11 is 3.64. The van der Waals surface area contributed by atoms with E-state index in [1.807, 2.05) is 6.92 Å². The lowest BCUT2D eigenvalue weighted by molar-refractivity contribution is 0.122. The van der Waals surface area contributed by atoms with Gasteiger partial charge in [0.1, 0.15) is 4.60 Å². The summed E-state index contributed by atoms with van der Waals surface area (Å²) in [7, 11) is 0. The Balaban J connectivity index is 1.89. The fraction of sp³-hybridized carbons (Fsp3) is 0.571. The van der Waals surface area contributed by atoms with Crippen LogP contribution in [0.4, 0.5) is 5.82 Å². The number of imidazole rings is 1. The molecule has 0 amide bonds. The Morgan fingerprint density at radius 3 is 2.70 bits per heavy atom. The number of anilines is 1. The maximum atomic E-state index is 5.45. The van der Waals surface area contributed by atoms with E-state index in [0.29, 0.717) is 5.92 Å². The van der Waals surface area contributed by atoms with Gasteiger partial charge in [0.25, 0.3) is 0 Å². The van der Waals surface area contributed by atoms with Crippen LogP contribution in [-0.4, -0.2) is 40.7 Å². The first-order valence-corrected chi connectivity index (χ1v) is 7.91. The van der Waals surface area contributed by atoms with Crippen LogP contribution in [0.1, 0.15) is 30.1 Å². The second-order valence-corrected chi connectivity index (χ2v) is 6.30. The summed E-state index contributed by atoms with van der Waals surface area (Å²) in [6.45, 7) is 5.34. The third kappa shape index (κ3) is 2.02. The number of morpholine rings is 1. The molecule has 1 saturated carbocycles. The quantitative estimate of drug-likeness (QED) is 0.845. The molecular weight excluding hydrogens is 320 g/mol. The molecule has 20 heavy (non-hydrogen) atoms. The van der Waals surface area contributed by atoms with Crippen LogP contribution < -0.4 is 4.90 Å². The maximum Gasteiger partial charge on any atom is 0.181 e. The van der Waals surface area contributed by atoms with Crippen molar-refractivity contribution in [2.75, 3.05) is 31.2 Å². The molecule has 0 spiro atoms. The lowest BCUT2D eigenvalue weighted by atomic mass is 10.3. The summed E-state index contributed by atoms with van der Waals surface area (Å²) in [5.41, 5.74) is 3.15. The summed E-state index contributed by atoms with van der Waals surface area (Å²) in [5, 5.41) is 0. The van der Waals surface area contributed by atoms with Crippen molar-refractivity contribution in [3.05, 3.63) is 22.2 Å². The highest BCUT2D eigenvalue weighted by atomic mass is 79.9. The Kier molecular flexibility index (Phi) is 2.96. The van der Waals surface area contributed by atoms with Gasteiger partial charge in [0.15, 0.2) is 11.5 Å². The van der Waals surface area contributed by atoms with Gasteiger partial charge in [-0.25, -0.2) is 9.97 Å². The van der Waals surface area contributed by atoms with Crippen LogP contribution >= 0.6 is 15.9 Å². The third-order valence-corrected chi connectivity index (χ3v) is 4.97. The monoisotopic (exact) mass is 336 g/mol. The van der Waals surface area contributed by atoms with Gasteiger partial charge in [-0.05, 0) is 35.7 Å². The second-order valence-electron chi connectivity index (χ2n) is 5.54. The minimum atomic E-state index is 0.633. The number of fused-ring (bicyclic) bond motifs is 1. The van der Waals surface area contributed by atoms with E-state index in [2.05, 4.69) is 36.4 Å². The number of ether oxygens (including phenoxy) is 1. The van der Waals surface area contributed by atoms with Gasteiger partial charge in [-0.2, -0.15) is 0 Å². The van der Waals surface area contributed by atoms with Gasteiger partial charge >= 0.3 is 0 Å². The highest BCUT2D eigenvalue weighted by Crippen LogP contribution is 2.40.